The Hall–Kier alpha value is -4.13. The fourth-order valence-electron chi connectivity index (χ4n) is 2.60. The third-order valence-electron chi connectivity index (χ3n) is 3.95. The zero-order valence-electron chi connectivity index (χ0n) is 15.6. The van der Waals surface area contributed by atoms with E-state index in [-0.39, 0.29) is 11.8 Å². The lowest BCUT2D eigenvalue weighted by Crippen LogP contribution is -2.16. The van der Waals surface area contributed by atoms with Gasteiger partial charge in [-0.15, -0.1) is 0 Å². The molecule has 0 saturated heterocycles. The zero-order valence-corrected chi connectivity index (χ0v) is 15.6. The third kappa shape index (κ3) is 5.43. The number of ether oxygens (including phenoxy) is 1. The number of benzene rings is 3. The molecule has 0 saturated carbocycles. The van der Waals surface area contributed by atoms with Gasteiger partial charge in [0, 0.05) is 28.2 Å². The van der Waals surface area contributed by atoms with Crippen molar-refractivity contribution < 1.29 is 19.1 Å². The summed E-state index contributed by atoms with van der Waals surface area (Å²) < 4.78 is 4.61. The molecule has 7 heteroatoms. The van der Waals surface area contributed by atoms with Gasteiger partial charge in [-0.25, -0.2) is 4.79 Å². The van der Waals surface area contributed by atoms with Crippen LogP contribution in [0.2, 0.25) is 0 Å². The van der Waals surface area contributed by atoms with E-state index < -0.39 is 6.09 Å². The molecule has 0 aliphatic heterocycles. The molecule has 0 radical (unpaired) electrons. The maximum Gasteiger partial charge on any atom is 0.411 e. The van der Waals surface area contributed by atoms with E-state index in [2.05, 4.69) is 20.7 Å². The third-order valence-corrected chi connectivity index (χ3v) is 3.95. The average Bonchev–Trinajstić information content (AvgIpc) is 2.74. The van der Waals surface area contributed by atoms with E-state index in [0.29, 0.717) is 28.2 Å². The first-order valence-electron chi connectivity index (χ1n) is 8.78. The number of hydrogen-bond donors (Lipinski definition) is 3. The lowest BCUT2D eigenvalue weighted by Gasteiger charge is -2.13. The molecule has 3 aromatic carbocycles. The molecule has 146 valence electrons. The number of anilines is 3. The largest absolute Gasteiger partial charge is 0.453 e. The number of carbonyl (C=O) groups excluding carboxylic acids is 3. The topological polar surface area (TPSA) is 96.5 Å². The van der Waals surface area contributed by atoms with Crippen molar-refractivity contribution in [1.82, 2.24) is 0 Å². The standard InChI is InChI=1S/C22H19N3O4/c1-29-22(28)25-19-13-17(23-20(26)15-8-4-2-5-9-15)12-18(14-19)24-21(27)16-10-6-3-7-11-16/h2-14H,1H3,(H,23,26)(H,24,27)(H,25,28). The number of carbonyl (C=O) groups is 3. The smallest absolute Gasteiger partial charge is 0.411 e. The summed E-state index contributed by atoms with van der Waals surface area (Å²) in [7, 11) is 1.24. The van der Waals surface area contributed by atoms with E-state index in [4.69, 9.17) is 0 Å². The van der Waals surface area contributed by atoms with Gasteiger partial charge < -0.3 is 15.4 Å². The Morgan fingerprint density at radius 2 is 1.00 bits per heavy atom. The molecule has 3 rings (SSSR count). The van der Waals surface area contributed by atoms with Crippen LogP contribution in [0.25, 0.3) is 0 Å². The first kappa shape index (κ1) is 19.6. The predicted octanol–water partition coefficient (Wildman–Crippen LogP) is 4.37. The molecular formula is C22H19N3O4. The van der Waals surface area contributed by atoms with Gasteiger partial charge in [0.1, 0.15) is 0 Å². The highest BCUT2D eigenvalue weighted by molar-refractivity contribution is 6.07. The van der Waals surface area contributed by atoms with Gasteiger partial charge in [0.2, 0.25) is 0 Å². The second kappa shape index (κ2) is 9.18. The molecule has 0 atom stereocenters. The van der Waals surface area contributed by atoms with E-state index in [9.17, 15) is 14.4 Å². The molecule has 7 nitrogen and oxygen atoms in total. The highest BCUT2D eigenvalue weighted by Crippen LogP contribution is 2.24. The van der Waals surface area contributed by atoms with Gasteiger partial charge in [0.15, 0.2) is 0 Å². The highest BCUT2D eigenvalue weighted by atomic mass is 16.5. The molecule has 29 heavy (non-hydrogen) atoms. The Labute approximate surface area is 167 Å². The lowest BCUT2D eigenvalue weighted by molar-refractivity contribution is 0.101. The summed E-state index contributed by atoms with van der Waals surface area (Å²) in [5, 5.41) is 8.06. The van der Waals surface area contributed by atoms with Crippen molar-refractivity contribution in [3.8, 4) is 0 Å². The zero-order chi connectivity index (χ0) is 20.6. The summed E-state index contributed by atoms with van der Waals surface area (Å²) in [6.45, 7) is 0. The van der Waals surface area contributed by atoms with Gasteiger partial charge in [0.25, 0.3) is 11.8 Å². The summed E-state index contributed by atoms with van der Waals surface area (Å²) in [5.41, 5.74) is 2.11. The average molecular weight is 389 g/mol. The Balaban J connectivity index is 1.86. The van der Waals surface area contributed by atoms with Gasteiger partial charge in [-0.2, -0.15) is 0 Å². The minimum atomic E-state index is -0.670. The minimum Gasteiger partial charge on any atom is -0.453 e. The number of hydrogen-bond acceptors (Lipinski definition) is 4. The molecule has 3 N–H and O–H groups in total. The Bertz CT molecular complexity index is 949. The van der Waals surface area contributed by atoms with Gasteiger partial charge in [0.05, 0.1) is 7.11 Å². The fraction of sp³-hybridized carbons (Fsp3) is 0.0455. The summed E-state index contributed by atoms with van der Waals surface area (Å²) in [6, 6.07) is 22.1. The maximum absolute atomic E-state index is 12.4. The summed E-state index contributed by atoms with van der Waals surface area (Å²) in [4.78, 5) is 36.5. The van der Waals surface area contributed by atoms with E-state index in [0.717, 1.165) is 0 Å². The predicted molar refractivity (Wildman–Crippen MR) is 111 cm³/mol. The van der Waals surface area contributed by atoms with Crippen LogP contribution in [0.3, 0.4) is 0 Å². The Morgan fingerprint density at radius 3 is 1.38 bits per heavy atom. The summed E-state index contributed by atoms with van der Waals surface area (Å²) in [5.74, 6) is -0.637. The van der Waals surface area contributed by atoms with Gasteiger partial charge in [-0.05, 0) is 42.5 Å². The molecule has 0 aliphatic rings. The van der Waals surface area contributed by atoms with Crippen LogP contribution in [-0.2, 0) is 4.74 Å². The second-order valence-electron chi connectivity index (χ2n) is 6.06. The van der Waals surface area contributed by atoms with Crippen LogP contribution in [0.1, 0.15) is 20.7 Å². The number of amides is 3. The molecule has 3 amide bonds. The van der Waals surface area contributed by atoms with Crippen LogP contribution in [0.15, 0.2) is 78.9 Å². The van der Waals surface area contributed by atoms with E-state index in [1.54, 1.807) is 66.7 Å². The molecule has 0 fully saturated rings. The van der Waals surface area contributed by atoms with Crippen LogP contribution in [0.5, 0.6) is 0 Å². The molecule has 0 aliphatic carbocycles. The van der Waals surface area contributed by atoms with Crippen LogP contribution < -0.4 is 16.0 Å². The molecule has 3 aromatic rings. The first-order chi connectivity index (χ1) is 14.0. The molecule has 0 bridgehead atoms. The van der Waals surface area contributed by atoms with Crippen LogP contribution >= 0.6 is 0 Å². The van der Waals surface area contributed by atoms with Crippen LogP contribution in [0, 0.1) is 0 Å². The molecule has 0 aromatic heterocycles. The van der Waals surface area contributed by atoms with Crippen molar-refractivity contribution in [2.75, 3.05) is 23.1 Å². The van der Waals surface area contributed by atoms with Crippen molar-refractivity contribution in [3.05, 3.63) is 90.0 Å². The van der Waals surface area contributed by atoms with Gasteiger partial charge in [-0.1, -0.05) is 36.4 Å². The monoisotopic (exact) mass is 389 g/mol. The minimum absolute atomic E-state index is 0.318. The number of nitrogens with one attached hydrogen (secondary N) is 3. The summed E-state index contributed by atoms with van der Waals surface area (Å²) in [6.07, 6.45) is -0.670. The molecule has 0 unspecified atom stereocenters. The van der Waals surface area contributed by atoms with E-state index in [1.165, 1.54) is 7.11 Å². The molecule has 0 heterocycles. The van der Waals surface area contributed by atoms with Crippen molar-refractivity contribution in [2.24, 2.45) is 0 Å². The second-order valence-corrected chi connectivity index (χ2v) is 6.06. The fourth-order valence-corrected chi connectivity index (χ4v) is 2.60. The SMILES string of the molecule is COC(=O)Nc1cc(NC(=O)c2ccccc2)cc(NC(=O)c2ccccc2)c1. The van der Waals surface area contributed by atoms with Crippen molar-refractivity contribution >= 4 is 35.0 Å². The highest BCUT2D eigenvalue weighted by Gasteiger charge is 2.11. The quantitative estimate of drug-likeness (QED) is 0.604. The number of methoxy groups -OCH3 is 1. The van der Waals surface area contributed by atoms with Crippen molar-refractivity contribution in [1.29, 1.82) is 0 Å². The van der Waals surface area contributed by atoms with Gasteiger partial charge in [-0.3, -0.25) is 14.9 Å². The van der Waals surface area contributed by atoms with Crippen LogP contribution in [-0.4, -0.2) is 25.0 Å². The Kier molecular flexibility index (Phi) is 6.22. The van der Waals surface area contributed by atoms with E-state index >= 15 is 0 Å². The summed E-state index contributed by atoms with van der Waals surface area (Å²) >= 11 is 0. The lowest BCUT2D eigenvalue weighted by atomic mass is 10.1. The van der Waals surface area contributed by atoms with Crippen molar-refractivity contribution in [2.45, 2.75) is 0 Å². The number of rotatable bonds is 5. The molecular weight excluding hydrogens is 370 g/mol. The molecule has 0 spiro atoms. The van der Waals surface area contributed by atoms with Crippen molar-refractivity contribution in [3.63, 3.8) is 0 Å². The maximum atomic E-state index is 12.4. The normalized spacial score (nSPS) is 9.97. The first-order valence-corrected chi connectivity index (χ1v) is 8.78. The van der Waals surface area contributed by atoms with Crippen LogP contribution in [0.4, 0.5) is 21.9 Å². The Morgan fingerprint density at radius 1 is 0.621 bits per heavy atom. The van der Waals surface area contributed by atoms with Gasteiger partial charge >= 0.3 is 6.09 Å². The van der Waals surface area contributed by atoms with E-state index in [1.807, 2.05) is 12.1 Å².